The van der Waals surface area contributed by atoms with Crippen molar-refractivity contribution >= 4 is 34.8 Å². The van der Waals surface area contributed by atoms with Gasteiger partial charge in [0.1, 0.15) is 35.7 Å². The fourth-order valence-electron chi connectivity index (χ4n) is 12.8. The lowest BCUT2D eigenvalue weighted by Gasteiger charge is -2.43. The van der Waals surface area contributed by atoms with E-state index in [-0.39, 0.29) is 54.4 Å². The number of hydrogen-bond acceptors (Lipinski definition) is 17. The minimum Gasteiger partial charge on any atom is -0.507 e. The SMILES string of the molecule is CC(NC(=O)[C@@H]1C[C@@H](O)CN1C(=O)[C@@H](c1cc(N2CCC(CN3CCC(OC4CC(Oc5cc(N6C7CCC6CN(c6cc(-c8ccccc8O)nnc6N)C7)ccn5)C4)CC3)CC2)no1)C(C)C)c1ccc(C#N)c(F)c1. The number of aliphatic hydroxyl groups is 1. The third-order valence-corrected chi connectivity index (χ3v) is 17.1. The van der Waals surface area contributed by atoms with Gasteiger partial charge < -0.3 is 59.8 Å². The number of ether oxygens (including phenoxy) is 2. The minimum atomic E-state index is -0.922. The average molecular weight is 1070 g/mol. The summed E-state index contributed by atoms with van der Waals surface area (Å²) in [6.07, 6.45) is 9.48. The summed E-state index contributed by atoms with van der Waals surface area (Å²) < 4.78 is 33.3. The standard InChI is InChI=1S/C58H71FN12O7/c1-34(2)55(58(75)70-33-42(72)24-50(70)57(74)63-35(3)37-8-9-38(29-60)47(59)22-37)52-28-53(66-78-52)68-20-13-36(14-21-68)30-67-18-15-43(16-19-67)76-44-25-45(26-44)77-54-23-39(12-17-62-54)71-40-10-11-41(71)32-69(31-40)49-27-48(64-65-56(49)61)46-6-4-5-7-51(46)73/h4-9,12,17,22-23,27-28,34-36,40-45,50,55,72-73H,10-11,13-16,18-21,24-26,30-33H2,1-3H3,(H2,61,65)(H,63,74)/t35?,40?,41?,42-,44?,45?,50+,55-/m1/s1. The van der Waals surface area contributed by atoms with Crippen molar-refractivity contribution in [1.82, 2.24) is 35.5 Å². The second-order valence-corrected chi connectivity index (χ2v) is 22.8. The van der Waals surface area contributed by atoms with Crippen molar-refractivity contribution in [3.05, 3.63) is 95.6 Å². The van der Waals surface area contributed by atoms with Crippen molar-refractivity contribution in [3.63, 3.8) is 0 Å². The molecule has 5 saturated heterocycles. The third kappa shape index (κ3) is 11.3. The van der Waals surface area contributed by atoms with Crippen LogP contribution in [0.25, 0.3) is 11.3 Å². The molecule has 11 rings (SSSR count). The van der Waals surface area contributed by atoms with Gasteiger partial charge in [0.25, 0.3) is 0 Å². The number of fused-ring (bicyclic) bond motifs is 2. The number of anilines is 4. The molecular weight excluding hydrogens is 996 g/mol. The normalized spacial score (nSPS) is 24.7. The van der Waals surface area contributed by atoms with Crippen LogP contribution in [0.2, 0.25) is 0 Å². The van der Waals surface area contributed by atoms with Crippen LogP contribution in [0.4, 0.5) is 27.4 Å². The molecule has 412 valence electrons. The van der Waals surface area contributed by atoms with Gasteiger partial charge in [0.05, 0.1) is 41.3 Å². The molecule has 6 aliphatic rings. The van der Waals surface area contributed by atoms with Gasteiger partial charge in [-0.05, 0) is 99.2 Å². The highest BCUT2D eigenvalue weighted by molar-refractivity contribution is 5.91. The fraction of sp³-hybridized carbons (Fsp3) is 0.534. The smallest absolute Gasteiger partial charge is 0.243 e. The number of para-hydroxylation sites is 1. The van der Waals surface area contributed by atoms with E-state index in [4.69, 9.17) is 25.0 Å². The number of aliphatic hydroxyl groups excluding tert-OH is 1. The molecule has 5 N–H and O–H groups in total. The first kappa shape index (κ1) is 52.9. The topological polar surface area (TPSA) is 236 Å². The number of rotatable bonds is 16. The van der Waals surface area contributed by atoms with Crippen molar-refractivity contribution in [2.24, 2.45) is 11.8 Å². The number of piperazine rings is 1. The monoisotopic (exact) mass is 1070 g/mol. The molecule has 2 bridgehead atoms. The summed E-state index contributed by atoms with van der Waals surface area (Å²) >= 11 is 0. The molecule has 20 heteroatoms. The lowest BCUT2D eigenvalue weighted by Crippen LogP contribution is -2.54. The number of hydrogen-bond donors (Lipinski definition) is 4. The van der Waals surface area contributed by atoms with Gasteiger partial charge >= 0.3 is 0 Å². The number of aromatic hydroxyl groups is 1. The van der Waals surface area contributed by atoms with E-state index in [9.17, 15) is 24.2 Å². The molecule has 6 atom stereocenters. The number of phenolic OH excluding ortho intramolecular Hbond substituents is 1. The number of halogens is 1. The number of nitrogens with zero attached hydrogens (tertiary/aromatic N) is 10. The Kier molecular flexibility index (Phi) is 15.4. The molecule has 1 saturated carbocycles. The van der Waals surface area contributed by atoms with Crippen molar-refractivity contribution in [2.45, 2.75) is 133 Å². The van der Waals surface area contributed by atoms with Crippen LogP contribution in [-0.2, 0) is 14.3 Å². The number of carbonyl (C=O) groups is 2. The Morgan fingerprint density at radius 2 is 1.64 bits per heavy atom. The highest BCUT2D eigenvalue weighted by Crippen LogP contribution is 2.41. The van der Waals surface area contributed by atoms with Crippen molar-refractivity contribution in [3.8, 4) is 29.0 Å². The molecule has 3 aromatic heterocycles. The molecule has 5 aliphatic heterocycles. The highest BCUT2D eigenvalue weighted by atomic mass is 19.1. The van der Waals surface area contributed by atoms with E-state index in [1.165, 1.54) is 17.0 Å². The zero-order valence-corrected chi connectivity index (χ0v) is 44.7. The first-order valence-electron chi connectivity index (χ1n) is 27.9. The van der Waals surface area contributed by atoms with Crippen LogP contribution in [0.3, 0.4) is 0 Å². The lowest BCUT2D eigenvalue weighted by molar-refractivity contribution is -0.141. The molecule has 1 aliphatic carbocycles. The maximum atomic E-state index is 14.4. The Balaban J connectivity index is 0.601. The summed E-state index contributed by atoms with van der Waals surface area (Å²) in [5.74, 6) is 0.528. The number of β-amino-alcohol motifs (C(OH)–C–C–N with tert-alkyl or cyclic N) is 1. The molecule has 0 radical (unpaired) electrons. The fourth-order valence-corrected chi connectivity index (χ4v) is 12.8. The van der Waals surface area contributed by atoms with Crippen LogP contribution in [0.15, 0.2) is 77.4 Å². The number of carbonyl (C=O) groups excluding carboxylic acids is 2. The Hall–Kier alpha value is -7.08. The first-order valence-corrected chi connectivity index (χ1v) is 27.9. The molecule has 3 unspecified atom stereocenters. The molecular formula is C58H71FN12O7. The van der Waals surface area contributed by atoms with Gasteiger partial charge in [-0.25, -0.2) is 9.37 Å². The lowest BCUT2D eigenvalue weighted by atomic mass is 9.91. The zero-order valence-electron chi connectivity index (χ0n) is 44.7. The summed E-state index contributed by atoms with van der Waals surface area (Å²) in [4.78, 5) is 43.6. The Bertz CT molecular complexity index is 2970. The number of benzene rings is 2. The number of pyridine rings is 1. The summed E-state index contributed by atoms with van der Waals surface area (Å²) in [5.41, 5.74) is 9.97. The van der Waals surface area contributed by atoms with Crippen LogP contribution < -0.4 is 30.5 Å². The van der Waals surface area contributed by atoms with Crippen LogP contribution in [0.1, 0.15) is 107 Å². The van der Waals surface area contributed by atoms with Crippen LogP contribution >= 0.6 is 0 Å². The van der Waals surface area contributed by atoms with Gasteiger partial charge in [-0.2, -0.15) is 5.26 Å². The Morgan fingerprint density at radius 1 is 0.885 bits per heavy atom. The quantitative estimate of drug-likeness (QED) is 0.0818. The minimum absolute atomic E-state index is 0.00369. The van der Waals surface area contributed by atoms with Gasteiger partial charge in [-0.15, -0.1) is 10.2 Å². The predicted octanol–water partition coefficient (Wildman–Crippen LogP) is 6.57. The number of nitrogens with one attached hydrogen (secondary N) is 1. The third-order valence-electron chi connectivity index (χ3n) is 17.1. The average Bonchev–Trinajstić information content (AvgIpc) is 4.23. The van der Waals surface area contributed by atoms with E-state index in [1.54, 1.807) is 31.2 Å². The highest BCUT2D eigenvalue weighted by Gasteiger charge is 2.45. The Labute approximate surface area is 454 Å². The van der Waals surface area contributed by atoms with E-state index in [0.717, 1.165) is 109 Å². The van der Waals surface area contributed by atoms with Crippen molar-refractivity contribution in [2.75, 3.05) is 72.8 Å². The first-order chi connectivity index (χ1) is 37.7. The second-order valence-electron chi connectivity index (χ2n) is 22.8. The van der Waals surface area contributed by atoms with Gasteiger partial charge in [0.15, 0.2) is 17.4 Å². The number of nitrogen functional groups attached to an aromatic ring is 1. The Morgan fingerprint density at radius 3 is 2.36 bits per heavy atom. The van der Waals surface area contributed by atoms with Gasteiger partial charge in [0, 0.05) is 113 Å². The molecule has 5 aromatic rings. The van der Waals surface area contributed by atoms with Crippen LogP contribution in [0.5, 0.6) is 11.6 Å². The number of likely N-dealkylation sites (tertiary alicyclic amines) is 2. The summed E-state index contributed by atoms with van der Waals surface area (Å²) in [6, 6.07) is 20.2. The van der Waals surface area contributed by atoms with Gasteiger partial charge in [0.2, 0.25) is 17.7 Å². The van der Waals surface area contributed by atoms with Crippen LogP contribution in [0, 0.1) is 29.0 Å². The number of phenols is 1. The molecule has 2 aromatic carbocycles. The van der Waals surface area contributed by atoms with E-state index < -0.39 is 35.8 Å². The molecule has 6 fully saturated rings. The maximum Gasteiger partial charge on any atom is 0.243 e. The number of amides is 2. The number of nitriles is 1. The van der Waals surface area contributed by atoms with Crippen molar-refractivity contribution in [1.29, 1.82) is 5.26 Å². The van der Waals surface area contributed by atoms with E-state index in [0.29, 0.717) is 58.1 Å². The van der Waals surface area contributed by atoms with Gasteiger partial charge in [-0.1, -0.05) is 37.2 Å². The molecule has 2 amide bonds. The number of piperidine rings is 2. The number of aromatic nitrogens is 4. The van der Waals surface area contributed by atoms with E-state index >= 15 is 0 Å². The van der Waals surface area contributed by atoms with Gasteiger partial charge in [-0.3, -0.25) is 9.59 Å². The van der Waals surface area contributed by atoms with Crippen molar-refractivity contribution < 1.29 is 38.2 Å². The molecule has 19 nitrogen and oxygen atoms in total. The molecule has 8 heterocycles. The van der Waals surface area contributed by atoms with E-state index in [2.05, 4.69) is 57.4 Å². The summed E-state index contributed by atoms with van der Waals surface area (Å²) in [5, 5.41) is 46.1. The molecule has 78 heavy (non-hydrogen) atoms. The van der Waals surface area contributed by atoms with E-state index in [1.807, 2.05) is 44.3 Å². The number of nitrogens with two attached hydrogens (primary N) is 1. The maximum absolute atomic E-state index is 14.4. The summed E-state index contributed by atoms with van der Waals surface area (Å²) in [7, 11) is 0. The second kappa shape index (κ2) is 22.7. The van der Waals surface area contributed by atoms with Crippen LogP contribution in [-0.4, -0.2) is 147 Å². The summed E-state index contributed by atoms with van der Waals surface area (Å²) in [6.45, 7) is 11.9. The zero-order chi connectivity index (χ0) is 54.2. The molecule has 0 spiro atoms. The predicted molar refractivity (Wildman–Crippen MR) is 290 cm³/mol. The largest absolute Gasteiger partial charge is 0.507 e.